The van der Waals surface area contributed by atoms with Crippen molar-refractivity contribution in [1.82, 2.24) is 10.1 Å². The topological polar surface area (TPSA) is 105 Å². The maximum Gasteiger partial charge on any atom is 0.328 e. The number of pyridine rings is 1. The summed E-state index contributed by atoms with van der Waals surface area (Å²) in [6.07, 6.45) is 2.30. The molecule has 0 spiro atoms. The molecule has 2 aromatic heterocycles. The van der Waals surface area contributed by atoms with E-state index in [4.69, 9.17) is 9.63 Å². The Kier molecular flexibility index (Phi) is 3.90. The first-order valence-corrected chi connectivity index (χ1v) is 5.67. The molecular formula is C13H11N3O4. The predicted molar refractivity (Wildman–Crippen MR) is 70.1 cm³/mol. The van der Waals surface area contributed by atoms with Gasteiger partial charge in [0, 0.05) is 12.1 Å². The number of nitrogens with zero attached hydrogens (tertiary/aromatic N) is 2. The van der Waals surface area contributed by atoms with Gasteiger partial charge in [-0.3, -0.25) is 4.79 Å². The molecule has 2 heterocycles. The number of carboxylic acids is 1. The quantitative estimate of drug-likeness (QED) is 0.822. The Labute approximate surface area is 113 Å². The molecule has 0 aromatic carbocycles. The molecule has 0 aliphatic rings. The van der Waals surface area contributed by atoms with Gasteiger partial charge in [-0.15, -0.1) is 0 Å². The first-order chi connectivity index (χ1) is 9.54. The van der Waals surface area contributed by atoms with Crippen molar-refractivity contribution in [3.05, 3.63) is 47.5 Å². The van der Waals surface area contributed by atoms with Crippen LogP contribution in [-0.4, -0.2) is 27.1 Å². The highest BCUT2D eigenvalue weighted by molar-refractivity contribution is 6.01. The Balaban J connectivity index is 2.11. The zero-order valence-corrected chi connectivity index (χ0v) is 10.5. The number of aliphatic carboxylic acids is 1. The van der Waals surface area contributed by atoms with Crippen molar-refractivity contribution in [2.24, 2.45) is 0 Å². The lowest BCUT2D eigenvalue weighted by atomic mass is 10.3. The number of aromatic nitrogens is 2. The Morgan fingerprint density at radius 1 is 1.40 bits per heavy atom. The van der Waals surface area contributed by atoms with Crippen LogP contribution >= 0.6 is 0 Å². The van der Waals surface area contributed by atoms with Crippen LogP contribution in [-0.2, 0) is 4.79 Å². The van der Waals surface area contributed by atoms with E-state index in [1.165, 1.54) is 12.1 Å². The molecule has 0 aliphatic heterocycles. The minimum Gasteiger partial charge on any atom is -0.478 e. The van der Waals surface area contributed by atoms with Crippen LogP contribution in [0.5, 0.6) is 0 Å². The number of carbonyl (C=O) groups is 2. The third kappa shape index (κ3) is 3.52. The number of aryl methyl sites for hydroxylation is 1. The normalized spacial score (nSPS) is 10.7. The van der Waals surface area contributed by atoms with E-state index in [0.29, 0.717) is 11.4 Å². The lowest BCUT2D eigenvalue weighted by Crippen LogP contribution is -2.12. The lowest BCUT2D eigenvalue weighted by molar-refractivity contribution is -0.131. The van der Waals surface area contributed by atoms with Gasteiger partial charge in [-0.1, -0.05) is 11.2 Å². The average molecular weight is 273 g/mol. The van der Waals surface area contributed by atoms with Crippen molar-refractivity contribution < 1.29 is 19.2 Å². The fraction of sp³-hybridized carbons (Fsp3) is 0.0769. The smallest absolute Gasteiger partial charge is 0.328 e. The molecule has 0 unspecified atom stereocenters. The maximum atomic E-state index is 11.8. The molecule has 0 fully saturated rings. The van der Waals surface area contributed by atoms with Crippen molar-refractivity contribution in [3.8, 4) is 0 Å². The van der Waals surface area contributed by atoms with Crippen molar-refractivity contribution in [1.29, 1.82) is 0 Å². The van der Waals surface area contributed by atoms with Crippen molar-refractivity contribution in [2.45, 2.75) is 6.92 Å². The highest BCUT2D eigenvalue weighted by Gasteiger charge is 2.12. The van der Waals surface area contributed by atoms with Crippen molar-refractivity contribution in [3.63, 3.8) is 0 Å². The van der Waals surface area contributed by atoms with Crippen LogP contribution in [0.1, 0.15) is 21.9 Å². The van der Waals surface area contributed by atoms with Crippen LogP contribution in [0.2, 0.25) is 0 Å². The van der Waals surface area contributed by atoms with Gasteiger partial charge in [0.1, 0.15) is 5.82 Å². The van der Waals surface area contributed by atoms with Crippen LogP contribution in [0.15, 0.2) is 34.9 Å². The fourth-order valence-electron chi connectivity index (χ4n) is 1.42. The summed E-state index contributed by atoms with van der Waals surface area (Å²) in [6, 6.07) is 6.35. The Morgan fingerprint density at radius 3 is 2.85 bits per heavy atom. The zero-order valence-electron chi connectivity index (χ0n) is 10.5. The van der Waals surface area contributed by atoms with Gasteiger partial charge in [0.05, 0.1) is 11.4 Å². The molecule has 2 rings (SSSR count). The number of nitrogens with one attached hydrogen (secondary N) is 1. The Bertz CT molecular complexity index is 676. The predicted octanol–water partition coefficient (Wildman–Crippen LogP) is 1.73. The number of carboxylic acid groups (broad SMARTS) is 1. The van der Waals surface area contributed by atoms with Crippen LogP contribution in [0.25, 0.3) is 6.08 Å². The van der Waals surface area contributed by atoms with Crippen LogP contribution in [0, 0.1) is 6.92 Å². The fourth-order valence-corrected chi connectivity index (χ4v) is 1.42. The van der Waals surface area contributed by atoms with E-state index < -0.39 is 11.9 Å². The number of hydrogen-bond donors (Lipinski definition) is 2. The van der Waals surface area contributed by atoms with Gasteiger partial charge in [-0.2, -0.15) is 0 Å². The van der Waals surface area contributed by atoms with Crippen LogP contribution < -0.4 is 5.32 Å². The molecule has 0 atom stereocenters. The highest BCUT2D eigenvalue weighted by Crippen LogP contribution is 2.09. The number of anilines is 1. The molecule has 7 nitrogen and oxygen atoms in total. The summed E-state index contributed by atoms with van der Waals surface area (Å²) in [6.45, 7) is 1.70. The summed E-state index contributed by atoms with van der Waals surface area (Å²) in [5, 5.41) is 14.7. The van der Waals surface area contributed by atoms with Crippen molar-refractivity contribution in [2.75, 3.05) is 5.32 Å². The van der Waals surface area contributed by atoms with Crippen LogP contribution in [0.4, 0.5) is 5.82 Å². The summed E-state index contributed by atoms with van der Waals surface area (Å²) in [5.41, 5.74) is 1.01. The summed E-state index contributed by atoms with van der Waals surface area (Å²) >= 11 is 0. The van der Waals surface area contributed by atoms with Gasteiger partial charge < -0.3 is 14.9 Å². The van der Waals surface area contributed by atoms with Crippen LogP contribution in [0.3, 0.4) is 0 Å². The summed E-state index contributed by atoms with van der Waals surface area (Å²) in [5.74, 6) is -1.18. The van der Waals surface area contributed by atoms with Crippen molar-refractivity contribution >= 4 is 23.8 Å². The standard InChI is InChI=1S/C13H11N3O4/c1-8-7-10(20-16-8)13(19)15-11-4-2-3-9(14-11)5-6-12(17)18/h2-7H,1H3,(H,17,18)(H,14,15,19). The largest absolute Gasteiger partial charge is 0.478 e. The van der Waals surface area contributed by atoms with E-state index in [1.807, 2.05) is 0 Å². The van der Waals surface area contributed by atoms with Gasteiger partial charge >= 0.3 is 5.97 Å². The van der Waals surface area contributed by atoms with Gasteiger partial charge in [0.2, 0.25) is 5.76 Å². The first kappa shape index (κ1) is 13.5. The van der Waals surface area contributed by atoms with E-state index in [9.17, 15) is 9.59 Å². The molecular weight excluding hydrogens is 262 g/mol. The second-order valence-corrected chi connectivity index (χ2v) is 3.91. The minimum atomic E-state index is -1.07. The van der Waals surface area contributed by atoms with E-state index in [-0.39, 0.29) is 11.6 Å². The third-order valence-corrected chi connectivity index (χ3v) is 2.26. The van der Waals surface area contributed by atoms with E-state index in [1.54, 1.807) is 25.1 Å². The molecule has 0 saturated carbocycles. The Morgan fingerprint density at radius 2 is 2.20 bits per heavy atom. The third-order valence-electron chi connectivity index (χ3n) is 2.26. The first-order valence-electron chi connectivity index (χ1n) is 5.67. The second kappa shape index (κ2) is 5.79. The molecule has 7 heteroatoms. The van der Waals surface area contributed by atoms with Gasteiger partial charge in [-0.05, 0) is 25.1 Å². The minimum absolute atomic E-state index is 0.0794. The molecule has 1 amide bonds. The zero-order chi connectivity index (χ0) is 14.5. The monoisotopic (exact) mass is 273 g/mol. The Hall–Kier alpha value is -2.96. The lowest BCUT2D eigenvalue weighted by Gasteiger charge is -2.02. The van der Waals surface area contributed by atoms with Gasteiger partial charge in [0.25, 0.3) is 5.91 Å². The van der Waals surface area contributed by atoms with E-state index >= 15 is 0 Å². The molecule has 0 bridgehead atoms. The van der Waals surface area contributed by atoms with Gasteiger partial charge in [-0.25, -0.2) is 9.78 Å². The molecule has 2 N–H and O–H groups in total. The molecule has 20 heavy (non-hydrogen) atoms. The van der Waals surface area contributed by atoms with Gasteiger partial charge in [0.15, 0.2) is 0 Å². The molecule has 102 valence electrons. The number of rotatable bonds is 4. The second-order valence-electron chi connectivity index (χ2n) is 3.91. The SMILES string of the molecule is Cc1cc(C(=O)Nc2cccc(C=CC(=O)O)n2)on1. The van der Waals surface area contributed by atoms with E-state index in [0.717, 1.165) is 6.08 Å². The number of carbonyl (C=O) groups excluding carboxylic acids is 1. The molecule has 0 radical (unpaired) electrons. The summed E-state index contributed by atoms with van der Waals surface area (Å²) in [4.78, 5) is 26.3. The highest BCUT2D eigenvalue weighted by atomic mass is 16.5. The molecule has 2 aromatic rings. The number of amides is 1. The summed E-state index contributed by atoms with van der Waals surface area (Å²) < 4.78 is 4.83. The number of hydrogen-bond acceptors (Lipinski definition) is 5. The summed E-state index contributed by atoms with van der Waals surface area (Å²) in [7, 11) is 0. The molecule has 0 aliphatic carbocycles. The van der Waals surface area contributed by atoms with E-state index in [2.05, 4.69) is 15.5 Å². The average Bonchev–Trinajstić information content (AvgIpc) is 2.84. The molecule has 0 saturated heterocycles. The maximum absolute atomic E-state index is 11.8.